The van der Waals surface area contributed by atoms with Crippen LogP contribution in [0.25, 0.3) is 0 Å². The summed E-state index contributed by atoms with van der Waals surface area (Å²) in [5.41, 5.74) is 0.810. The molecule has 0 saturated carbocycles. The fourth-order valence-electron chi connectivity index (χ4n) is 3.17. The molecule has 9 heteroatoms. The summed E-state index contributed by atoms with van der Waals surface area (Å²) in [4.78, 5) is 38.9. The van der Waals surface area contributed by atoms with E-state index in [1.54, 1.807) is 37.3 Å². The average Bonchev–Trinajstić information content (AvgIpc) is 2.92. The number of nitrogens with one attached hydrogen (secondary N) is 1. The van der Waals surface area contributed by atoms with Crippen LogP contribution in [-0.4, -0.2) is 55.0 Å². The Morgan fingerprint density at radius 1 is 1.07 bits per heavy atom. The number of sulfonamides is 1. The third-order valence-electron chi connectivity index (χ3n) is 4.80. The average molecular weight is 415 g/mol. The van der Waals surface area contributed by atoms with Gasteiger partial charge in [0.25, 0.3) is 15.9 Å². The summed E-state index contributed by atoms with van der Waals surface area (Å²) in [6.07, 6.45) is 0. The molecule has 1 heterocycles. The van der Waals surface area contributed by atoms with Gasteiger partial charge >= 0.3 is 0 Å². The summed E-state index contributed by atoms with van der Waals surface area (Å²) < 4.78 is 26.0. The molecule has 3 rings (SSSR count). The zero-order valence-electron chi connectivity index (χ0n) is 16.0. The third kappa shape index (κ3) is 3.86. The van der Waals surface area contributed by atoms with Crippen LogP contribution in [0.2, 0.25) is 0 Å². The summed E-state index contributed by atoms with van der Waals surface area (Å²) in [6.45, 7) is 0.974. The number of nitrogens with zero attached hydrogens (tertiary/aromatic N) is 2. The molecule has 2 aromatic carbocycles. The number of fused-ring (bicyclic) bond motifs is 1. The highest BCUT2D eigenvalue weighted by molar-refractivity contribution is 7.90. The third-order valence-corrected chi connectivity index (χ3v) is 6.59. The number of amides is 3. The van der Waals surface area contributed by atoms with Crippen molar-refractivity contribution in [3.05, 3.63) is 65.7 Å². The van der Waals surface area contributed by atoms with E-state index < -0.39 is 40.3 Å². The highest BCUT2D eigenvalue weighted by Crippen LogP contribution is 2.29. The van der Waals surface area contributed by atoms with E-state index in [2.05, 4.69) is 5.32 Å². The van der Waals surface area contributed by atoms with E-state index in [0.29, 0.717) is 4.31 Å². The molecule has 0 aromatic heterocycles. The Morgan fingerprint density at radius 3 is 2.31 bits per heavy atom. The Morgan fingerprint density at radius 2 is 1.69 bits per heavy atom. The molecule has 0 saturated heterocycles. The monoisotopic (exact) mass is 415 g/mol. The highest BCUT2D eigenvalue weighted by atomic mass is 32.2. The van der Waals surface area contributed by atoms with Crippen molar-refractivity contribution in [2.75, 3.05) is 13.6 Å². The number of hydrogen-bond donors (Lipinski definition) is 1. The van der Waals surface area contributed by atoms with Crippen LogP contribution >= 0.6 is 0 Å². The second-order valence-electron chi connectivity index (χ2n) is 6.61. The van der Waals surface area contributed by atoms with Gasteiger partial charge in [0.2, 0.25) is 11.8 Å². The van der Waals surface area contributed by atoms with Crippen LogP contribution in [0, 0.1) is 0 Å². The van der Waals surface area contributed by atoms with Crippen molar-refractivity contribution in [2.24, 2.45) is 0 Å². The summed E-state index contributed by atoms with van der Waals surface area (Å²) in [7, 11) is -2.66. The zero-order chi connectivity index (χ0) is 21.2. The first-order chi connectivity index (χ1) is 13.8. The number of benzene rings is 2. The topological polar surface area (TPSA) is 104 Å². The van der Waals surface area contributed by atoms with Crippen LogP contribution in [0.15, 0.2) is 59.5 Å². The summed E-state index contributed by atoms with van der Waals surface area (Å²) in [5, 5.41) is 2.49. The lowest BCUT2D eigenvalue weighted by Crippen LogP contribution is -2.50. The fourth-order valence-corrected chi connectivity index (χ4v) is 4.69. The lowest BCUT2D eigenvalue weighted by Gasteiger charge is -2.29. The minimum Gasteiger partial charge on any atom is -0.357 e. The second kappa shape index (κ2) is 8.04. The van der Waals surface area contributed by atoms with E-state index in [4.69, 9.17) is 0 Å². The van der Waals surface area contributed by atoms with Gasteiger partial charge in [-0.15, -0.1) is 0 Å². The molecule has 29 heavy (non-hydrogen) atoms. The molecule has 2 aromatic rings. The molecule has 1 unspecified atom stereocenters. The minimum absolute atomic E-state index is 0.0364. The fraction of sp³-hybridized carbons (Fsp3) is 0.250. The molecule has 1 aliphatic heterocycles. The van der Waals surface area contributed by atoms with Crippen LogP contribution in [0.4, 0.5) is 0 Å². The first-order valence-electron chi connectivity index (χ1n) is 8.98. The van der Waals surface area contributed by atoms with Gasteiger partial charge in [0, 0.05) is 13.6 Å². The van der Waals surface area contributed by atoms with Gasteiger partial charge in [-0.25, -0.2) is 12.7 Å². The first kappa shape index (κ1) is 20.5. The van der Waals surface area contributed by atoms with E-state index in [0.717, 1.165) is 5.56 Å². The summed E-state index contributed by atoms with van der Waals surface area (Å²) in [6, 6.07) is 14.0. The van der Waals surface area contributed by atoms with Crippen molar-refractivity contribution in [1.29, 1.82) is 0 Å². The second-order valence-corrected chi connectivity index (χ2v) is 8.44. The predicted molar refractivity (Wildman–Crippen MR) is 105 cm³/mol. The first-order valence-corrected chi connectivity index (χ1v) is 10.4. The molecule has 152 valence electrons. The van der Waals surface area contributed by atoms with Crippen molar-refractivity contribution in [2.45, 2.75) is 24.4 Å². The van der Waals surface area contributed by atoms with E-state index in [9.17, 15) is 22.8 Å². The lowest BCUT2D eigenvalue weighted by atomic mass is 10.1. The van der Waals surface area contributed by atoms with Crippen LogP contribution < -0.4 is 5.32 Å². The van der Waals surface area contributed by atoms with Crippen LogP contribution in [0.5, 0.6) is 0 Å². The minimum atomic E-state index is -4.11. The smallest absolute Gasteiger partial charge is 0.269 e. The number of likely N-dealkylation sites (N-methyl/N-ethyl adjacent to an activating group) is 1. The largest absolute Gasteiger partial charge is 0.357 e. The molecular weight excluding hydrogens is 394 g/mol. The highest BCUT2D eigenvalue weighted by Gasteiger charge is 2.43. The molecule has 0 fully saturated rings. The Kier molecular flexibility index (Phi) is 5.69. The molecule has 1 aliphatic rings. The van der Waals surface area contributed by atoms with Crippen molar-refractivity contribution < 1.29 is 22.8 Å². The van der Waals surface area contributed by atoms with Crippen molar-refractivity contribution >= 4 is 27.7 Å². The van der Waals surface area contributed by atoms with Gasteiger partial charge < -0.3 is 10.2 Å². The van der Waals surface area contributed by atoms with Gasteiger partial charge in [-0.3, -0.25) is 14.4 Å². The molecule has 8 nitrogen and oxygen atoms in total. The number of carbonyl (C=O) groups is 3. The molecule has 3 amide bonds. The van der Waals surface area contributed by atoms with Crippen LogP contribution in [0.3, 0.4) is 0 Å². The Labute approximate surface area is 169 Å². The van der Waals surface area contributed by atoms with Gasteiger partial charge in [0.15, 0.2) is 0 Å². The summed E-state index contributed by atoms with van der Waals surface area (Å²) in [5.74, 6) is -1.79. The Balaban J connectivity index is 1.89. The predicted octanol–water partition coefficient (Wildman–Crippen LogP) is 0.994. The van der Waals surface area contributed by atoms with Gasteiger partial charge in [0.05, 0.1) is 5.56 Å². The molecular formula is C20H21N3O5S. The molecule has 0 radical (unpaired) electrons. The lowest BCUT2D eigenvalue weighted by molar-refractivity contribution is -0.140. The van der Waals surface area contributed by atoms with Crippen molar-refractivity contribution in [3.63, 3.8) is 0 Å². The maximum absolute atomic E-state index is 13.0. The van der Waals surface area contributed by atoms with E-state index in [1.807, 2.05) is 6.07 Å². The molecule has 0 aliphatic carbocycles. The molecule has 1 N–H and O–H groups in total. The van der Waals surface area contributed by atoms with Gasteiger partial charge in [0.1, 0.15) is 17.5 Å². The molecule has 1 atom stereocenters. The molecule has 0 spiro atoms. The van der Waals surface area contributed by atoms with Crippen LogP contribution in [-0.2, 0) is 26.2 Å². The van der Waals surface area contributed by atoms with E-state index >= 15 is 0 Å². The van der Waals surface area contributed by atoms with Crippen molar-refractivity contribution in [1.82, 2.24) is 14.5 Å². The SMILES string of the molecule is CNC(=O)C(C)N(Cc1ccccc1)C(=O)CN1C(=O)c2ccccc2S1(=O)=O. The zero-order valence-corrected chi connectivity index (χ0v) is 16.8. The Hall–Kier alpha value is -3.20. The maximum Gasteiger partial charge on any atom is 0.269 e. The van der Waals surface area contributed by atoms with E-state index in [1.165, 1.54) is 30.1 Å². The number of rotatable bonds is 6. The quantitative estimate of drug-likeness (QED) is 0.758. The van der Waals surface area contributed by atoms with E-state index in [-0.39, 0.29) is 17.0 Å². The van der Waals surface area contributed by atoms with Gasteiger partial charge in [-0.1, -0.05) is 42.5 Å². The van der Waals surface area contributed by atoms with Gasteiger partial charge in [-0.2, -0.15) is 0 Å². The van der Waals surface area contributed by atoms with Crippen molar-refractivity contribution in [3.8, 4) is 0 Å². The summed E-state index contributed by atoms with van der Waals surface area (Å²) >= 11 is 0. The maximum atomic E-state index is 13.0. The number of carbonyl (C=O) groups excluding carboxylic acids is 3. The molecule has 0 bridgehead atoms. The Bertz CT molecular complexity index is 1050. The number of hydrogen-bond acceptors (Lipinski definition) is 5. The normalized spacial score (nSPS) is 15.5. The van der Waals surface area contributed by atoms with Crippen LogP contribution in [0.1, 0.15) is 22.8 Å². The van der Waals surface area contributed by atoms with Gasteiger partial charge in [-0.05, 0) is 24.6 Å². The standard InChI is InChI=1S/C20H21N3O5S/c1-14(19(25)21-2)22(12-15-8-4-3-5-9-15)18(24)13-23-20(26)16-10-6-7-11-17(16)29(23,27)28/h3-11,14H,12-13H2,1-2H3,(H,21,25).